The second-order valence-corrected chi connectivity index (χ2v) is 14.9. The average molecular weight is 679 g/mol. The van der Waals surface area contributed by atoms with E-state index in [0.29, 0.717) is 0 Å². The summed E-state index contributed by atoms with van der Waals surface area (Å²) in [7, 11) is 0. The van der Waals surface area contributed by atoms with Crippen LogP contribution in [-0.4, -0.2) is 81.5 Å². The Morgan fingerprint density at radius 2 is 1.59 bits per heavy atom. The van der Waals surface area contributed by atoms with Crippen molar-refractivity contribution in [3.05, 3.63) is 60.2 Å². The minimum Gasteiger partial charge on any atom is -0.460 e. The van der Waals surface area contributed by atoms with E-state index in [-0.39, 0.29) is 31.3 Å². The van der Waals surface area contributed by atoms with Crippen LogP contribution >= 0.6 is 0 Å². The summed E-state index contributed by atoms with van der Waals surface area (Å²) in [6.07, 6.45) is 7.98. The van der Waals surface area contributed by atoms with Crippen LogP contribution in [0.4, 0.5) is 4.79 Å². The molecular formula is C36H50N6O7. The standard InChI is InChI=1S/C36H50N6O7/c1-35(2,3)29(41-31(44)28(24-15-11-8-12-16-24)40-30(43)26-19-37-17-18-38-26)32(45)39-27-21-42(20-25(27)33(46)49-36(4,5)6)34(47)48-22-23-13-9-7-10-14-23/h7,9-10,13-14,17-19,24-25,27-29H,8,11-12,15-16,20-22H2,1-6H3,(H,39,45)(H,40,43)(H,41,44). The third-order valence-corrected chi connectivity index (χ3v) is 8.72. The van der Waals surface area contributed by atoms with Gasteiger partial charge in [-0.05, 0) is 50.5 Å². The van der Waals surface area contributed by atoms with Crippen molar-refractivity contribution in [3.8, 4) is 0 Å². The van der Waals surface area contributed by atoms with Crippen molar-refractivity contribution in [3.63, 3.8) is 0 Å². The number of benzene rings is 1. The fourth-order valence-electron chi connectivity index (χ4n) is 6.20. The molecule has 2 heterocycles. The Labute approximate surface area is 288 Å². The zero-order valence-corrected chi connectivity index (χ0v) is 29.4. The van der Waals surface area contributed by atoms with Crippen molar-refractivity contribution in [2.24, 2.45) is 17.3 Å². The van der Waals surface area contributed by atoms with Gasteiger partial charge in [-0.15, -0.1) is 0 Å². The van der Waals surface area contributed by atoms with E-state index in [1.807, 2.05) is 51.1 Å². The molecule has 2 aromatic rings. The number of carbonyl (C=O) groups is 5. The van der Waals surface area contributed by atoms with Gasteiger partial charge in [-0.3, -0.25) is 24.2 Å². The van der Waals surface area contributed by atoms with Gasteiger partial charge in [-0.25, -0.2) is 9.78 Å². The lowest BCUT2D eigenvalue weighted by Crippen LogP contribution is -2.61. The lowest BCUT2D eigenvalue weighted by atomic mass is 9.82. The zero-order chi connectivity index (χ0) is 35.8. The van der Waals surface area contributed by atoms with Crippen LogP contribution < -0.4 is 16.0 Å². The Morgan fingerprint density at radius 1 is 0.898 bits per heavy atom. The second kappa shape index (κ2) is 16.2. The first-order chi connectivity index (χ1) is 23.1. The largest absolute Gasteiger partial charge is 0.460 e. The van der Waals surface area contributed by atoms with Gasteiger partial charge in [-0.2, -0.15) is 0 Å². The Morgan fingerprint density at radius 3 is 2.20 bits per heavy atom. The summed E-state index contributed by atoms with van der Waals surface area (Å²) < 4.78 is 11.2. The second-order valence-electron chi connectivity index (χ2n) is 14.9. The average Bonchev–Trinajstić information content (AvgIpc) is 3.48. The van der Waals surface area contributed by atoms with Crippen LogP contribution in [0, 0.1) is 17.3 Å². The molecule has 1 aliphatic carbocycles. The molecule has 266 valence electrons. The molecule has 0 radical (unpaired) electrons. The Kier molecular flexibility index (Phi) is 12.3. The molecule has 49 heavy (non-hydrogen) atoms. The van der Waals surface area contributed by atoms with E-state index < -0.39 is 64.8 Å². The highest BCUT2D eigenvalue weighted by Gasteiger charge is 2.45. The molecule has 4 unspecified atom stereocenters. The number of nitrogens with zero attached hydrogens (tertiary/aromatic N) is 3. The first-order valence-corrected chi connectivity index (χ1v) is 17.0. The van der Waals surface area contributed by atoms with E-state index in [1.165, 1.54) is 23.5 Å². The number of carbonyl (C=O) groups excluding carboxylic acids is 5. The molecule has 4 atom stereocenters. The summed E-state index contributed by atoms with van der Waals surface area (Å²) in [5.41, 5.74) is -0.659. The summed E-state index contributed by atoms with van der Waals surface area (Å²) in [5, 5.41) is 8.71. The zero-order valence-electron chi connectivity index (χ0n) is 29.4. The molecule has 4 rings (SSSR count). The lowest BCUT2D eigenvalue weighted by molar-refractivity contribution is -0.160. The smallest absolute Gasteiger partial charge is 0.410 e. The summed E-state index contributed by atoms with van der Waals surface area (Å²) in [6, 6.07) is 6.48. The SMILES string of the molecule is CC(C)(C)OC(=O)C1CN(C(=O)OCc2ccccc2)CC1NC(=O)C(NC(=O)C(NC(=O)c1cnccn1)C1CCCCC1)C(C)(C)C. The maximum atomic E-state index is 14.0. The van der Waals surface area contributed by atoms with Crippen molar-refractivity contribution < 1.29 is 33.4 Å². The Balaban J connectivity index is 1.51. The first-order valence-electron chi connectivity index (χ1n) is 17.0. The predicted octanol–water partition coefficient (Wildman–Crippen LogP) is 3.78. The highest BCUT2D eigenvalue weighted by Crippen LogP contribution is 2.29. The van der Waals surface area contributed by atoms with Crippen LogP contribution in [0.5, 0.6) is 0 Å². The number of rotatable bonds is 10. The highest BCUT2D eigenvalue weighted by atomic mass is 16.6. The van der Waals surface area contributed by atoms with Crippen LogP contribution in [0.2, 0.25) is 0 Å². The van der Waals surface area contributed by atoms with Gasteiger partial charge in [0.05, 0.1) is 18.2 Å². The van der Waals surface area contributed by atoms with E-state index in [1.54, 1.807) is 20.8 Å². The molecule has 0 bridgehead atoms. The van der Waals surface area contributed by atoms with Gasteiger partial charge in [0.1, 0.15) is 30.0 Å². The van der Waals surface area contributed by atoms with E-state index in [9.17, 15) is 24.0 Å². The molecule has 1 aromatic carbocycles. The lowest BCUT2D eigenvalue weighted by Gasteiger charge is -2.35. The monoisotopic (exact) mass is 678 g/mol. The molecule has 13 heteroatoms. The molecular weight excluding hydrogens is 628 g/mol. The third-order valence-electron chi connectivity index (χ3n) is 8.72. The molecule has 1 saturated carbocycles. The third kappa shape index (κ3) is 10.7. The van der Waals surface area contributed by atoms with Crippen molar-refractivity contribution in [2.75, 3.05) is 13.1 Å². The van der Waals surface area contributed by atoms with Gasteiger partial charge < -0.3 is 30.3 Å². The van der Waals surface area contributed by atoms with Crippen molar-refractivity contribution in [1.29, 1.82) is 0 Å². The highest BCUT2D eigenvalue weighted by molar-refractivity contribution is 5.97. The Hall–Kier alpha value is -4.55. The molecule has 0 spiro atoms. The van der Waals surface area contributed by atoms with Gasteiger partial charge in [0.2, 0.25) is 11.8 Å². The van der Waals surface area contributed by atoms with E-state index in [2.05, 4.69) is 25.9 Å². The normalized spacial score (nSPS) is 19.7. The van der Waals surface area contributed by atoms with Gasteiger partial charge in [-0.1, -0.05) is 70.4 Å². The van der Waals surface area contributed by atoms with Crippen LogP contribution in [0.25, 0.3) is 0 Å². The minimum absolute atomic E-state index is 0.00689. The van der Waals surface area contributed by atoms with Crippen LogP contribution in [-0.2, 0) is 30.5 Å². The molecule has 1 saturated heterocycles. The molecule has 1 aromatic heterocycles. The number of hydrogen-bond donors (Lipinski definition) is 3. The molecule has 1 aliphatic heterocycles. The molecule has 2 fully saturated rings. The van der Waals surface area contributed by atoms with E-state index in [4.69, 9.17) is 9.47 Å². The van der Waals surface area contributed by atoms with Crippen molar-refractivity contribution in [2.45, 2.75) is 104 Å². The van der Waals surface area contributed by atoms with Gasteiger partial charge in [0.15, 0.2) is 0 Å². The first kappa shape index (κ1) is 37.3. The molecule has 2 aliphatic rings. The van der Waals surface area contributed by atoms with E-state index >= 15 is 0 Å². The van der Waals surface area contributed by atoms with Gasteiger partial charge in [0, 0.05) is 25.5 Å². The summed E-state index contributed by atoms with van der Waals surface area (Å²) in [6.45, 7) is 10.7. The predicted molar refractivity (Wildman–Crippen MR) is 181 cm³/mol. The van der Waals surface area contributed by atoms with Crippen LogP contribution in [0.15, 0.2) is 48.9 Å². The number of hydrogen-bond acceptors (Lipinski definition) is 9. The quantitative estimate of drug-likeness (QED) is 0.317. The number of aromatic nitrogens is 2. The molecule has 4 amide bonds. The van der Waals surface area contributed by atoms with Gasteiger partial charge >= 0.3 is 12.1 Å². The topological polar surface area (TPSA) is 169 Å². The number of ether oxygens (including phenoxy) is 2. The van der Waals surface area contributed by atoms with Crippen molar-refractivity contribution >= 4 is 29.8 Å². The van der Waals surface area contributed by atoms with Crippen molar-refractivity contribution in [1.82, 2.24) is 30.8 Å². The molecule has 3 N–H and O–H groups in total. The number of esters is 1. The number of nitrogens with one attached hydrogen (secondary N) is 3. The van der Waals surface area contributed by atoms with Crippen LogP contribution in [0.3, 0.4) is 0 Å². The van der Waals surface area contributed by atoms with E-state index in [0.717, 1.165) is 37.7 Å². The van der Waals surface area contributed by atoms with Gasteiger partial charge in [0.25, 0.3) is 5.91 Å². The summed E-state index contributed by atoms with van der Waals surface area (Å²) >= 11 is 0. The fraction of sp³-hybridized carbons (Fsp3) is 0.583. The Bertz CT molecular complexity index is 1450. The van der Waals surface area contributed by atoms with Crippen LogP contribution in [0.1, 0.15) is 89.7 Å². The summed E-state index contributed by atoms with van der Waals surface area (Å²) in [5.74, 6) is -3.09. The maximum Gasteiger partial charge on any atom is 0.410 e. The number of likely N-dealkylation sites (tertiary alicyclic amines) is 1. The minimum atomic E-state index is -1.04. The fourth-order valence-corrected chi connectivity index (χ4v) is 6.20. The molecule has 13 nitrogen and oxygen atoms in total. The summed E-state index contributed by atoms with van der Waals surface area (Å²) in [4.78, 5) is 77.0. The maximum absolute atomic E-state index is 14.0. The number of amides is 4.